The maximum Gasteiger partial charge on any atom is 0.417 e. The van der Waals surface area contributed by atoms with Crippen LogP contribution in [0.15, 0.2) is 54.7 Å². The number of carbonyl (C=O) groups is 2. The molecule has 0 saturated carbocycles. The number of nitrogens with zero attached hydrogens (tertiary/aromatic N) is 1. The number of alkyl halides is 3. The monoisotopic (exact) mass is 498 g/mol. The van der Waals surface area contributed by atoms with Crippen molar-refractivity contribution in [2.75, 3.05) is 17.7 Å². The van der Waals surface area contributed by atoms with Gasteiger partial charge in [0.25, 0.3) is 5.91 Å². The minimum Gasteiger partial charge on any atom is -0.456 e. The Kier molecular flexibility index (Phi) is 7.29. The Balaban J connectivity index is 1.66. The first-order valence-corrected chi connectivity index (χ1v) is 9.93. The van der Waals surface area contributed by atoms with Gasteiger partial charge < -0.3 is 20.7 Å². The topological polar surface area (TPSA) is 92.3 Å². The standard InChI is InChI=1S/C21H15Cl2F3N4O3/c1-27-19(31)18-17(23)16(8-9-28-18)33-13-5-2-11(3-6-13)29-20(32)30-12-4-7-15(22)14(10-12)21(24,25)26/h2-10H,1H3,(H,27,31)(H2,29,30,32). The number of hydrogen-bond acceptors (Lipinski definition) is 4. The molecule has 1 heterocycles. The number of rotatable bonds is 5. The van der Waals surface area contributed by atoms with Crippen molar-refractivity contribution in [2.45, 2.75) is 6.18 Å². The smallest absolute Gasteiger partial charge is 0.417 e. The molecule has 12 heteroatoms. The summed E-state index contributed by atoms with van der Waals surface area (Å²) in [4.78, 5) is 27.8. The molecule has 0 saturated heterocycles. The first-order chi connectivity index (χ1) is 15.6. The highest BCUT2D eigenvalue weighted by atomic mass is 35.5. The Morgan fingerprint density at radius 2 is 1.61 bits per heavy atom. The minimum absolute atomic E-state index is 0.00232. The second-order valence-electron chi connectivity index (χ2n) is 6.45. The Morgan fingerprint density at radius 3 is 2.24 bits per heavy atom. The van der Waals surface area contributed by atoms with E-state index in [0.29, 0.717) is 11.4 Å². The van der Waals surface area contributed by atoms with Gasteiger partial charge in [-0.1, -0.05) is 23.2 Å². The quantitative estimate of drug-likeness (QED) is 0.390. The van der Waals surface area contributed by atoms with Crippen molar-refractivity contribution in [3.8, 4) is 11.5 Å². The summed E-state index contributed by atoms with van der Waals surface area (Å²) in [5, 5.41) is 6.78. The molecule has 172 valence electrons. The van der Waals surface area contributed by atoms with Gasteiger partial charge in [-0.15, -0.1) is 0 Å². The Morgan fingerprint density at radius 1 is 0.970 bits per heavy atom. The van der Waals surface area contributed by atoms with Crippen molar-refractivity contribution in [1.82, 2.24) is 10.3 Å². The molecule has 2 aromatic carbocycles. The number of hydrogen-bond donors (Lipinski definition) is 3. The lowest BCUT2D eigenvalue weighted by molar-refractivity contribution is -0.137. The molecule has 0 atom stereocenters. The van der Waals surface area contributed by atoms with Crippen LogP contribution in [-0.4, -0.2) is 24.0 Å². The lowest BCUT2D eigenvalue weighted by atomic mass is 10.2. The zero-order chi connectivity index (χ0) is 24.2. The van der Waals surface area contributed by atoms with Crippen LogP contribution in [0, 0.1) is 0 Å². The summed E-state index contributed by atoms with van der Waals surface area (Å²) in [6, 6.07) is 9.82. The van der Waals surface area contributed by atoms with Crippen LogP contribution in [0.4, 0.5) is 29.3 Å². The molecule has 0 aliphatic rings. The molecule has 0 radical (unpaired) electrons. The second kappa shape index (κ2) is 9.97. The van der Waals surface area contributed by atoms with Gasteiger partial charge in [0.15, 0.2) is 0 Å². The molecule has 0 spiro atoms. The summed E-state index contributed by atoms with van der Waals surface area (Å²) in [6.07, 6.45) is -3.28. The van der Waals surface area contributed by atoms with Crippen LogP contribution in [0.1, 0.15) is 16.1 Å². The van der Waals surface area contributed by atoms with E-state index in [1.54, 1.807) is 0 Å². The van der Waals surface area contributed by atoms with Crippen LogP contribution in [0.3, 0.4) is 0 Å². The van der Waals surface area contributed by atoms with E-state index in [9.17, 15) is 22.8 Å². The van der Waals surface area contributed by atoms with Crippen molar-refractivity contribution in [3.63, 3.8) is 0 Å². The van der Waals surface area contributed by atoms with Gasteiger partial charge >= 0.3 is 12.2 Å². The number of pyridine rings is 1. The van der Waals surface area contributed by atoms with Gasteiger partial charge in [-0.25, -0.2) is 9.78 Å². The highest BCUT2D eigenvalue weighted by Crippen LogP contribution is 2.36. The van der Waals surface area contributed by atoms with Gasteiger partial charge in [0, 0.05) is 30.7 Å². The third kappa shape index (κ3) is 6.05. The van der Waals surface area contributed by atoms with Crippen molar-refractivity contribution >= 4 is 46.5 Å². The fraction of sp³-hybridized carbons (Fsp3) is 0.0952. The van der Waals surface area contributed by atoms with E-state index in [1.807, 2.05) is 0 Å². The summed E-state index contributed by atoms with van der Waals surface area (Å²) >= 11 is 11.7. The van der Waals surface area contributed by atoms with Crippen LogP contribution in [-0.2, 0) is 6.18 Å². The molecule has 3 aromatic rings. The lowest BCUT2D eigenvalue weighted by Crippen LogP contribution is -2.20. The van der Waals surface area contributed by atoms with E-state index in [0.717, 1.165) is 12.1 Å². The van der Waals surface area contributed by atoms with E-state index in [4.69, 9.17) is 27.9 Å². The highest BCUT2D eigenvalue weighted by molar-refractivity contribution is 6.35. The number of urea groups is 1. The molecule has 3 rings (SSSR count). The van der Waals surface area contributed by atoms with Gasteiger partial charge in [-0.3, -0.25) is 4.79 Å². The summed E-state index contributed by atoms with van der Waals surface area (Å²) in [5.41, 5.74) is -0.791. The molecule has 0 bridgehead atoms. The molecule has 3 amide bonds. The molecule has 0 aliphatic heterocycles. The Bertz CT molecular complexity index is 1190. The van der Waals surface area contributed by atoms with Crippen LogP contribution < -0.4 is 20.7 Å². The minimum atomic E-state index is -4.65. The van der Waals surface area contributed by atoms with Gasteiger partial charge in [-0.05, 0) is 42.5 Å². The molecule has 7 nitrogen and oxygen atoms in total. The Hall–Kier alpha value is -3.50. The average Bonchev–Trinajstić information content (AvgIpc) is 2.76. The predicted molar refractivity (Wildman–Crippen MR) is 118 cm³/mol. The molecule has 0 aliphatic carbocycles. The van der Waals surface area contributed by atoms with Crippen LogP contribution in [0.2, 0.25) is 10.0 Å². The van der Waals surface area contributed by atoms with E-state index >= 15 is 0 Å². The molecule has 1 aromatic heterocycles. The number of halogens is 5. The lowest BCUT2D eigenvalue weighted by Gasteiger charge is -2.13. The van der Waals surface area contributed by atoms with Crippen molar-refractivity contribution in [2.24, 2.45) is 0 Å². The third-order valence-corrected chi connectivity index (χ3v) is 4.86. The molecular formula is C21H15Cl2F3N4O3. The molecule has 0 fully saturated rings. The fourth-order valence-corrected chi connectivity index (χ4v) is 3.09. The summed E-state index contributed by atoms with van der Waals surface area (Å²) in [5.74, 6) is 0.0791. The van der Waals surface area contributed by atoms with Crippen LogP contribution in [0.25, 0.3) is 0 Å². The Labute approximate surface area is 195 Å². The molecule has 0 unspecified atom stereocenters. The number of amides is 3. The number of anilines is 2. The van der Waals surface area contributed by atoms with Crippen LogP contribution >= 0.6 is 23.2 Å². The van der Waals surface area contributed by atoms with Gasteiger partial charge in [0.1, 0.15) is 22.2 Å². The molecular weight excluding hydrogens is 484 g/mol. The number of aromatic nitrogens is 1. The average molecular weight is 499 g/mol. The van der Waals surface area contributed by atoms with E-state index in [1.165, 1.54) is 49.6 Å². The number of benzene rings is 2. The largest absolute Gasteiger partial charge is 0.456 e. The van der Waals surface area contributed by atoms with E-state index in [-0.39, 0.29) is 22.2 Å². The van der Waals surface area contributed by atoms with Crippen molar-refractivity contribution < 1.29 is 27.5 Å². The summed E-state index contributed by atoms with van der Waals surface area (Å²) in [6.45, 7) is 0. The fourth-order valence-electron chi connectivity index (χ4n) is 2.63. The maximum atomic E-state index is 13.0. The van der Waals surface area contributed by atoms with Crippen molar-refractivity contribution in [1.29, 1.82) is 0 Å². The normalized spacial score (nSPS) is 11.0. The third-order valence-electron chi connectivity index (χ3n) is 4.17. The summed E-state index contributed by atoms with van der Waals surface area (Å²) in [7, 11) is 1.44. The predicted octanol–water partition coefficient (Wildman–Crippen LogP) is 6.20. The first kappa shape index (κ1) is 24.1. The number of ether oxygens (including phenoxy) is 1. The zero-order valence-corrected chi connectivity index (χ0v) is 18.3. The second-order valence-corrected chi connectivity index (χ2v) is 7.23. The van der Waals surface area contributed by atoms with Gasteiger partial charge in [0.2, 0.25) is 0 Å². The van der Waals surface area contributed by atoms with Gasteiger partial charge in [0.05, 0.1) is 10.6 Å². The van der Waals surface area contributed by atoms with Crippen LogP contribution in [0.5, 0.6) is 11.5 Å². The maximum absolute atomic E-state index is 13.0. The SMILES string of the molecule is CNC(=O)c1nccc(Oc2ccc(NC(=O)Nc3ccc(Cl)c(C(F)(F)F)c3)cc2)c1Cl. The highest BCUT2D eigenvalue weighted by Gasteiger charge is 2.33. The van der Waals surface area contributed by atoms with E-state index in [2.05, 4.69) is 20.9 Å². The van der Waals surface area contributed by atoms with Gasteiger partial charge in [-0.2, -0.15) is 13.2 Å². The first-order valence-electron chi connectivity index (χ1n) is 9.17. The summed E-state index contributed by atoms with van der Waals surface area (Å²) < 4.78 is 44.5. The zero-order valence-electron chi connectivity index (χ0n) is 16.8. The molecule has 33 heavy (non-hydrogen) atoms. The van der Waals surface area contributed by atoms with E-state index < -0.39 is 28.7 Å². The number of carbonyl (C=O) groups excluding carboxylic acids is 2. The number of nitrogens with one attached hydrogen (secondary N) is 3. The van der Waals surface area contributed by atoms with Crippen molar-refractivity contribution in [3.05, 3.63) is 76.0 Å². The molecule has 3 N–H and O–H groups in total.